The monoisotopic (exact) mass is 184 g/mol. The molecule has 2 N–H and O–H groups in total. The van der Waals surface area contributed by atoms with Crippen LogP contribution in [0.5, 0.6) is 0 Å². The molecule has 0 fully saturated rings. The maximum atomic E-state index is 10.8. The second kappa shape index (κ2) is 5.13. The molecular formula is C9H12O4. The van der Waals surface area contributed by atoms with Gasteiger partial charge in [-0.15, -0.1) is 0 Å². The van der Waals surface area contributed by atoms with Gasteiger partial charge in [0.25, 0.3) is 0 Å². The SMILES string of the molecule is CCC(=O)/C=C(O)/C(O)=C/C(C)=O. The van der Waals surface area contributed by atoms with Crippen LogP contribution in [0.1, 0.15) is 20.3 Å². The molecule has 0 rings (SSSR count). The largest absolute Gasteiger partial charge is 0.504 e. The second-order valence-electron chi connectivity index (χ2n) is 2.49. The van der Waals surface area contributed by atoms with Gasteiger partial charge in [0.15, 0.2) is 23.1 Å². The van der Waals surface area contributed by atoms with E-state index < -0.39 is 17.3 Å². The second-order valence-corrected chi connectivity index (χ2v) is 2.49. The highest BCUT2D eigenvalue weighted by Crippen LogP contribution is 2.03. The molecule has 13 heavy (non-hydrogen) atoms. The molecule has 0 unspecified atom stereocenters. The third-order valence-electron chi connectivity index (χ3n) is 1.25. The number of aliphatic hydroxyl groups excluding tert-OH is 2. The van der Waals surface area contributed by atoms with Crippen LogP contribution in [-0.4, -0.2) is 21.8 Å². The van der Waals surface area contributed by atoms with Crippen LogP contribution in [0.25, 0.3) is 0 Å². The number of rotatable bonds is 4. The molecule has 0 atom stereocenters. The van der Waals surface area contributed by atoms with Crippen molar-refractivity contribution >= 4 is 11.6 Å². The quantitative estimate of drug-likeness (QED) is 0.394. The average molecular weight is 184 g/mol. The molecule has 0 amide bonds. The number of ketones is 2. The zero-order chi connectivity index (χ0) is 10.4. The Labute approximate surface area is 76.2 Å². The Bertz CT molecular complexity index is 273. The van der Waals surface area contributed by atoms with Crippen LogP contribution in [0.15, 0.2) is 23.7 Å². The lowest BCUT2D eigenvalue weighted by Crippen LogP contribution is -1.96. The van der Waals surface area contributed by atoms with Crippen LogP contribution in [0.2, 0.25) is 0 Å². The van der Waals surface area contributed by atoms with Gasteiger partial charge in [0.2, 0.25) is 0 Å². The first-order valence-corrected chi connectivity index (χ1v) is 3.82. The third kappa shape index (κ3) is 4.79. The molecule has 0 aliphatic heterocycles. The molecular weight excluding hydrogens is 172 g/mol. The fraction of sp³-hybridized carbons (Fsp3) is 0.333. The van der Waals surface area contributed by atoms with E-state index in [1.807, 2.05) is 0 Å². The van der Waals surface area contributed by atoms with Gasteiger partial charge in [-0.25, -0.2) is 0 Å². The van der Waals surface area contributed by atoms with Gasteiger partial charge >= 0.3 is 0 Å². The van der Waals surface area contributed by atoms with Crippen molar-refractivity contribution in [1.29, 1.82) is 0 Å². The van der Waals surface area contributed by atoms with Crippen LogP contribution in [0.3, 0.4) is 0 Å². The van der Waals surface area contributed by atoms with Crippen molar-refractivity contribution in [3.05, 3.63) is 23.7 Å². The lowest BCUT2D eigenvalue weighted by atomic mass is 10.2. The number of aliphatic hydroxyl groups is 2. The topological polar surface area (TPSA) is 74.6 Å². The first-order chi connectivity index (χ1) is 5.97. The molecule has 0 aromatic rings. The van der Waals surface area contributed by atoms with E-state index in [2.05, 4.69) is 0 Å². The minimum atomic E-state index is -0.589. The van der Waals surface area contributed by atoms with Crippen LogP contribution < -0.4 is 0 Å². The molecule has 0 heterocycles. The minimum absolute atomic E-state index is 0.234. The van der Waals surface area contributed by atoms with E-state index in [4.69, 9.17) is 10.2 Å². The Morgan fingerprint density at radius 3 is 2.00 bits per heavy atom. The van der Waals surface area contributed by atoms with E-state index in [1.165, 1.54) is 6.92 Å². The number of carbonyl (C=O) groups is 2. The van der Waals surface area contributed by atoms with E-state index in [1.54, 1.807) is 6.92 Å². The van der Waals surface area contributed by atoms with Crippen LogP contribution in [-0.2, 0) is 9.59 Å². The van der Waals surface area contributed by atoms with Crippen molar-refractivity contribution in [1.82, 2.24) is 0 Å². The molecule has 0 bridgehead atoms. The minimum Gasteiger partial charge on any atom is -0.504 e. The summed E-state index contributed by atoms with van der Waals surface area (Å²) < 4.78 is 0. The predicted octanol–water partition coefficient (Wildman–Crippen LogP) is 1.44. The fourth-order valence-electron chi connectivity index (χ4n) is 0.595. The molecule has 0 aromatic carbocycles. The summed E-state index contributed by atoms with van der Waals surface area (Å²) in [4.78, 5) is 21.2. The third-order valence-corrected chi connectivity index (χ3v) is 1.25. The molecule has 0 spiro atoms. The van der Waals surface area contributed by atoms with Gasteiger partial charge in [0.1, 0.15) is 0 Å². The van der Waals surface area contributed by atoms with E-state index in [9.17, 15) is 9.59 Å². The lowest BCUT2D eigenvalue weighted by molar-refractivity contribution is -0.114. The smallest absolute Gasteiger partial charge is 0.161 e. The molecule has 4 heteroatoms. The van der Waals surface area contributed by atoms with E-state index in [0.29, 0.717) is 0 Å². The molecule has 0 saturated carbocycles. The molecule has 0 aliphatic rings. The Hall–Kier alpha value is -1.58. The summed E-state index contributed by atoms with van der Waals surface area (Å²) in [5.41, 5.74) is 0. The van der Waals surface area contributed by atoms with Gasteiger partial charge < -0.3 is 10.2 Å². The highest BCUT2D eigenvalue weighted by atomic mass is 16.3. The summed E-state index contributed by atoms with van der Waals surface area (Å²) in [6.45, 7) is 2.85. The number of hydrogen-bond acceptors (Lipinski definition) is 4. The summed E-state index contributed by atoms with van der Waals surface area (Å²) in [5, 5.41) is 18.0. The molecule has 0 radical (unpaired) electrons. The van der Waals surface area contributed by atoms with Crippen LogP contribution >= 0.6 is 0 Å². The van der Waals surface area contributed by atoms with Gasteiger partial charge in [-0.3, -0.25) is 9.59 Å². The van der Waals surface area contributed by atoms with Gasteiger partial charge in [0.05, 0.1) is 0 Å². The first-order valence-electron chi connectivity index (χ1n) is 3.82. The van der Waals surface area contributed by atoms with Crippen LogP contribution in [0.4, 0.5) is 0 Å². The standard InChI is InChI=1S/C9H12O4/c1-3-7(11)5-9(13)8(12)4-6(2)10/h4-5,12-13H,3H2,1-2H3/b8-4-,9-5-. The number of allylic oxidation sites excluding steroid dienone is 2. The maximum Gasteiger partial charge on any atom is 0.161 e. The van der Waals surface area contributed by atoms with E-state index in [0.717, 1.165) is 12.2 Å². The molecule has 0 aromatic heterocycles. The summed E-state index contributed by atoms with van der Waals surface area (Å²) >= 11 is 0. The van der Waals surface area contributed by atoms with Crippen molar-refractivity contribution in [2.24, 2.45) is 0 Å². The summed E-state index contributed by atoms with van der Waals surface area (Å²) in [6.07, 6.45) is 1.96. The zero-order valence-electron chi connectivity index (χ0n) is 7.57. The Balaban J connectivity index is 4.59. The van der Waals surface area contributed by atoms with Crippen molar-refractivity contribution in [3.63, 3.8) is 0 Å². The van der Waals surface area contributed by atoms with Gasteiger partial charge in [-0.05, 0) is 6.92 Å². The van der Waals surface area contributed by atoms with Crippen molar-refractivity contribution in [3.8, 4) is 0 Å². The summed E-state index contributed by atoms with van der Waals surface area (Å²) in [5.74, 6) is -1.89. The van der Waals surface area contributed by atoms with Gasteiger partial charge in [0, 0.05) is 18.6 Å². The highest BCUT2D eigenvalue weighted by molar-refractivity contribution is 5.91. The normalized spacial score (nSPS) is 12.8. The average Bonchev–Trinajstić information content (AvgIpc) is 2.02. The molecule has 72 valence electrons. The lowest BCUT2D eigenvalue weighted by Gasteiger charge is -1.96. The molecule has 4 nitrogen and oxygen atoms in total. The highest BCUT2D eigenvalue weighted by Gasteiger charge is 2.03. The van der Waals surface area contributed by atoms with Crippen LogP contribution in [0, 0.1) is 0 Å². The van der Waals surface area contributed by atoms with Gasteiger partial charge in [-0.1, -0.05) is 6.92 Å². The summed E-state index contributed by atoms with van der Waals surface area (Å²) in [7, 11) is 0. The Morgan fingerprint density at radius 1 is 1.15 bits per heavy atom. The van der Waals surface area contributed by atoms with Crippen molar-refractivity contribution in [2.75, 3.05) is 0 Å². The van der Waals surface area contributed by atoms with E-state index in [-0.39, 0.29) is 12.2 Å². The maximum absolute atomic E-state index is 10.8. The molecule has 0 saturated heterocycles. The first kappa shape index (κ1) is 11.4. The number of hydrogen-bond donors (Lipinski definition) is 2. The van der Waals surface area contributed by atoms with Gasteiger partial charge in [-0.2, -0.15) is 0 Å². The van der Waals surface area contributed by atoms with Crippen molar-refractivity contribution < 1.29 is 19.8 Å². The summed E-state index contributed by atoms with van der Waals surface area (Å²) in [6, 6.07) is 0. The number of carbonyl (C=O) groups excluding carboxylic acids is 2. The molecule has 0 aliphatic carbocycles. The Kier molecular flexibility index (Phi) is 4.51. The fourth-order valence-corrected chi connectivity index (χ4v) is 0.595. The predicted molar refractivity (Wildman–Crippen MR) is 47.4 cm³/mol. The van der Waals surface area contributed by atoms with Crippen molar-refractivity contribution in [2.45, 2.75) is 20.3 Å². The Morgan fingerprint density at radius 2 is 1.62 bits per heavy atom. The van der Waals surface area contributed by atoms with E-state index >= 15 is 0 Å². The zero-order valence-corrected chi connectivity index (χ0v) is 7.57.